The third-order valence-electron chi connectivity index (χ3n) is 3.94. The molecule has 5 nitrogen and oxygen atoms in total. The highest BCUT2D eigenvalue weighted by Crippen LogP contribution is 2.23. The highest BCUT2D eigenvalue weighted by Gasteiger charge is 2.25. The van der Waals surface area contributed by atoms with Crippen molar-refractivity contribution in [2.75, 3.05) is 18.9 Å². The largest absolute Gasteiger partial charge is 0.325 e. The number of carbonyl (C=O) groups is 1. The molecule has 0 heterocycles. The van der Waals surface area contributed by atoms with Crippen molar-refractivity contribution in [3.05, 3.63) is 58.1 Å². The third kappa shape index (κ3) is 4.39. The minimum Gasteiger partial charge on any atom is -0.325 e. The van der Waals surface area contributed by atoms with Gasteiger partial charge >= 0.3 is 0 Å². The van der Waals surface area contributed by atoms with Crippen molar-refractivity contribution >= 4 is 33.2 Å². The predicted molar refractivity (Wildman–Crippen MR) is 101 cm³/mol. The summed E-state index contributed by atoms with van der Waals surface area (Å²) in [7, 11) is -2.36. The Kier molecular flexibility index (Phi) is 5.87. The van der Waals surface area contributed by atoms with Crippen LogP contribution < -0.4 is 5.32 Å². The van der Waals surface area contributed by atoms with E-state index in [9.17, 15) is 13.2 Å². The molecule has 0 unspecified atom stereocenters. The first-order valence-corrected chi connectivity index (χ1v) is 9.53. The summed E-state index contributed by atoms with van der Waals surface area (Å²) < 4.78 is 26.5. The summed E-state index contributed by atoms with van der Waals surface area (Å²) in [5.41, 5.74) is 2.78. The standard InChI is InChI=1S/C18H21ClN2O3S/c1-12-8-9-13(2)17(10-12)25(23,24)21(4)11-18(22)20-16-7-5-6-15(19)14(16)3/h5-10H,11H2,1-4H3,(H,20,22). The second-order valence-corrected chi connectivity index (χ2v) is 8.41. The number of amides is 1. The van der Waals surface area contributed by atoms with Crippen LogP contribution in [0, 0.1) is 20.8 Å². The minimum atomic E-state index is -3.75. The summed E-state index contributed by atoms with van der Waals surface area (Å²) in [6, 6.07) is 10.4. The van der Waals surface area contributed by atoms with Crippen molar-refractivity contribution in [3.63, 3.8) is 0 Å². The predicted octanol–water partition coefficient (Wildman–Crippen LogP) is 3.52. The molecule has 0 aliphatic heterocycles. The van der Waals surface area contributed by atoms with Crippen LogP contribution in [0.4, 0.5) is 5.69 Å². The van der Waals surface area contributed by atoms with E-state index < -0.39 is 15.9 Å². The van der Waals surface area contributed by atoms with Crippen molar-refractivity contribution in [1.82, 2.24) is 4.31 Å². The maximum absolute atomic E-state index is 12.7. The number of nitrogens with zero attached hydrogens (tertiary/aromatic N) is 1. The van der Waals surface area contributed by atoms with Gasteiger partial charge in [-0.05, 0) is 55.7 Å². The number of carbonyl (C=O) groups excluding carboxylic acids is 1. The molecule has 0 aromatic heterocycles. The SMILES string of the molecule is Cc1ccc(C)c(S(=O)(=O)N(C)CC(=O)Nc2cccc(Cl)c2C)c1. The molecule has 1 N–H and O–H groups in total. The van der Waals surface area contributed by atoms with E-state index in [-0.39, 0.29) is 11.4 Å². The smallest absolute Gasteiger partial charge is 0.243 e. The van der Waals surface area contributed by atoms with Crippen molar-refractivity contribution < 1.29 is 13.2 Å². The van der Waals surface area contributed by atoms with E-state index in [0.29, 0.717) is 16.3 Å². The summed E-state index contributed by atoms with van der Waals surface area (Å²) in [6.07, 6.45) is 0. The van der Waals surface area contributed by atoms with Gasteiger partial charge in [-0.2, -0.15) is 4.31 Å². The molecule has 2 rings (SSSR count). The van der Waals surface area contributed by atoms with Gasteiger partial charge in [0, 0.05) is 17.8 Å². The Bertz CT molecular complexity index is 911. The fourth-order valence-corrected chi connectivity index (χ4v) is 3.98. The Balaban J connectivity index is 2.17. The average Bonchev–Trinajstić information content (AvgIpc) is 2.53. The van der Waals surface area contributed by atoms with Gasteiger partial charge in [-0.15, -0.1) is 0 Å². The molecule has 0 saturated carbocycles. The zero-order valence-corrected chi connectivity index (χ0v) is 16.2. The van der Waals surface area contributed by atoms with Crippen LogP contribution in [-0.4, -0.2) is 32.2 Å². The van der Waals surface area contributed by atoms with Gasteiger partial charge < -0.3 is 5.32 Å². The van der Waals surface area contributed by atoms with Crippen LogP contribution in [0.25, 0.3) is 0 Å². The van der Waals surface area contributed by atoms with Crippen LogP contribution >= 0.6 is 11.6 Å². The molecule has 134 valence electrons. The fraction of sp³-hybridized carbons (Fsp3) is 0.278. The second kappa shape index (κ2) is 7.56. The molecule has 0 spiro atoms. The molecule has 0 aliphatic rings. The number of rotatable bonds is 5. The number of halogens is 1. The highest BCUT2D eigenvalue weighted by atomic mass is 35.5. The third-order valence-corrected chi connectivity index (χ3v) is 6.29. The summed E-state index contributed by atoms with van der Waals surface area (Å²) >= 11 is 6.03. The second-order valence-electron chi connectivity index (χ2n) is 5.99. The van der Waals surface area contributed by atoms with Gasteiger partial charge in [0.2, 0.25) is 15.9 Å². The van der Waals surface area contributed by atoms with Gasteiger partial charge in [0.15, 0.2) is 0 Å². The monoisotopic (exact) mass is 380 g/mol. The van der Waals surface area contributed by atoms with Gasteiger partial charge in [0.05, 0.1) is 11.4 Å². The van der Waals surface area contributed by atoms with E-state index in [0.717, 1.165) is 15.4 Å². The topological polar surface area (TPSA) is 66.5 Å². The van der Waals surface area contributed by atoms with Gasteiger partial charge in [0.25, 0.3) is 0 Å². The van der Waals surface area contributed by atoms with E-state index in [1.807, 2.05) is 13.0 Å². The zero-order valence-electron chi connectivity index (χ0n) is 14.6. The Morgan fingerprint density at radius 1 is 1.16 bits per heavy atom. The number of aryl methyl sites for hydroxylation is 2. The van der Waals surface area contributed by atoms with Crippen LogP contribution in [0.5, 0.6) is 0 Å². The van der Waals surface area contributed by atoms with E-state index >= 15 is 0 Å². The summed E-state index contributed by atoms with van der Waals surface area (Å²) in [4.78, 5) is 12.5. The Hall–Kier alpha value is -1.89. The molecule has 0 fully saturated rings. The highest BCUT2D eigenvalue weighted by molar-refractivity contribution is 7.89. The normalized spacial score (nSPS) is 11.6. The van der Waals surface area contributed by atoms with Gasteiger partial charge in [-0.1, -0.05) is 29.8 Å². The maximum Gasteiger partial charge on any atom is 0.243 e. The van der Waals surface area contributed by atoms with Crippen LogP contribution in [0.2, 0.25) is 5.02 Å². The fourth-order valence-electron chi connectivity index (χ4n) is 2.37. The number of hydrogen-bond donors (Lipinski definition) is 1. The molecule has 1 amide bonds. The van der Waals surface area contributed by atoms with E-state index in [2.05, 4.69) is 5.32 Å². The first-order valence-electron chi connectivity index (χ1n) is 7.71. The maximum atomic E-state index is 12.7. The first-order chi connectivity index (χ1) is 11.6. The van der Waals surface area contributed by atoms with Crippen LogP contribution in [0.1, 0.15) is 16.7 Å². The first kappa shape index (κ1) is 19.4. The molecule has 0 saturated heterocycles. The van der Waals surface area contributed by atoms with Gasteiger partial charge in [0.1, 0.15) is 0 Å². The lowest BCUT2D eigenvalue weighted by Gasteiger charge is -2.19. The lowest BCUT2D eigenvalue weighted by atomic mass is 10.2. The molecule has 0 atom stereocenters. The Labute approximate surface area is 153 Å². The van der Waals surface area contributed by atoms with Crippen molar-refractivity contribution in [1.29, 1.82) is 0 Å². The van der Waals surface area contributed by atoms with E-state index in [4.69, 9.17) is 11.6 Å². The van der Waals surface area contributed by atoms with Crippen molar-refractivity contribution in [2.45, 2.75) is 25.7 Å². The Morgan fingerprint density at radius 2 is 1.84 bits per heavy atom. The summed E-state index contributed by atoms with van der Waals surface area (Å²) in [5.74, 6) is -0.429. The van der Waals surface area contributed by atoms with Gasteiger partial charge in [-0.3, -0.25) is 4.79 Å². The molecule has 0 radical (unpaired) electrons. The summed E-state index contributed by atoms with van der Waals surface area (Å²) in [6.45, 7) is 5.05. The number of benzene rings is 2. The van der Waals surface area contributed by atoms with Crippen molar-refractivity contribution in [3.8, 4) is 0 Å². The van der Waals surface area contributed by atoms with Crippen LogP contribution in [-0.2, 0) is 14.8 Å². The molecule has 7 heteroatoms. The molecule has 2 aromatic carbocycles. The molecular formula is C18H21ClN2O3S. The van der Waals surface area contributed by atoms with E-state index in [1.165, 1.54) is 7.05 Å². The lowest BCUT2D eigenvalue weighted by Crippen LogP contribution is -2.35. The molecule has 2 aromatic rings. The van der Waals surface area contributed by atoms with Crippen LogP contribution in [0.3, 0.4) is 0 Å². The zero-order chi connectivity index (χ0) is 18.8. The number of anilines is 1. The molecule has 25 heavy (non-hydrogen) atoms. The molecular weight excluding hydrogens is 360 g/mol. The van der Waals surface area contributed by atoms with Crippen LogP contribution in [0.15, 0.2) is 41.3 Å². The minimum absolute atomic E-state index is 0.210. The number of hydrogen-bond acceptors (Lipinski definition) is 3. The number of nitrogens with one attached hydrogen (secondary N) is 1. The van der Waals surface area contributed by atoms with E-state index in [1.54, 1.807) is 44.2 Å². The number of sulfonamides is 1. The Morgan fingerprint density at radius 3 is 2.52 bits per heavy atom. The molecule has 0 bridgehead atoms. The van der Waals surface area contributed by atoms with Gasteiger partial charge in [-0.25, -0.2) is 8.42 Å². The summed E-state index contributed by atoms with van der Waals surface area (Å²) in [5, 5.41) is 3.24. The average molecular weight is 381 g/mol. The van der Waals surface area contributed by atoms with Crippen molar-refractivity contribution in [2.24, 2.45) is 0 Å². The number of likely N-dealkylation sites (N-methyl/N-ethyl adjacent to an activating group) is 1. The molecule has 0 aliphatic carbocycles. The quantitative estimate of drug-likeness (QED) is 0.862. The lowest BCUT2D eigenvalue weighted by molar-refractivity contribution is -0.116.